The van der Waals surface area contributed by atoms with Gasteiger partial charge in [-0.1, -0.05) is 0 Å². The number of alkyl halides is 3. The number of benzene rings is 1. The van der Waals surface area contributed by atoms with Gasteiger partial charge >= 0.3 is 12.2 Å². The predicted octanol–water partition coefficient (Wildman–Crippen LogP) is 4.50. The Kier molecular flexibility index (Phi) is 5.51. The molecule has 0 aliphatic carbocycles. The largest absolute Gasteiger partial charge is 0.508 e. The number of pyridine rings is 1. The number of ether oxygens (including phenoxy) is 1. The number of phenolic OH excluding ortho intramolecular Hbond substituents is 1. The molecule has 1 aromatic carbocycles. The van der Waals surface area contributed by atoms with Crippen molar-refractivity contribution in [2.75, 3.05) is 37.6 Å². The zero-order chi connectivity index (χ0) is 29.4. The van der Waals surface area contributed by atoms with Crippen molar-refractivity contribution < 1.29 is 30.1 Å². The minimum absolute atomic E-state index is 0.181. The van der Waals surface area contributed by atoms with Crippen molar-refractivity contribution >= 4 is 16.7 Å². The van der Waals surface area contributed by atoms with E-state index in [1.807, 2.05) is 4.90 Å². The van der Waals surface area contributed by atoms with Gasteiger partial charge < -0.3 is 20.1 Å². The quantitative estimate of drug-likeness (QED) is 0.442. The van der Waals surface area contributed by atoms with Crippen LogP contribution in [0.5, 0.6) is 11.8 Å². The van der Waals surface area contributed by atoms with Gasteiger partial charge in [0.2, 0.25) is 0 Å². The summed E-state index contributed by atoms with van der Waals surface area (Å²) in [5.74, 6) is -1.33. The van der Waals surface area contributed by atoms with Gasteiger partial charge in [0.15, 0.2) is 5.82 Å². The topological polar surface area (TPSA) is 86.6 Å². The van der Waals surface area contributed by atoms with Crippen molar-refractivity contribution in [1.29, 1.82) is 0 Å². The van der Waals surface area contributed by atoms with Crippen LogP contribution in [0.1, 0.15) is 46.8 Å². The molecule has 4 aliphatic rings. The third-order valence-corrected chi connectivity index (χ3v) is 8.70. The number of piperazine rings is 1. The third-order valence-electron chi connectivity index (χ3n) is 8.70. The number of fused-ring (bicyclic) bond motifs is 4. The van der Waals surface area contributed by atoms with E-state index in [-0.39, 0.29) is 29.0 Å². The molecule has 0 unspecified atom stereocenters. The molecular weight excluding hydrogens is 528 g/mol. The molecule has 0 radical (unpaired) electrons. The van der Waals surface area contributed by atoms with Crippen LogP contribution in [-0.2, 0) is 6.18 Å². The molecule has 2 bridgehead atoms. The monoisotopic (exact) mass is 560 g/mol. The van der Waals surface area contributed by atoms with E-state index in [0.29, 0.717) is 37.8 Å². The van der Waals surface area contributed by atoms with Crippen molar-refractivity contribution in [2.24, 2.45) is 0 Å². The minimum Gasteiger partial charge on any atom is -0.508 e. The molecule has 4 aliphatic heterocycles. The van der Waals surface area contributed by atoms with Crippen LogP contribution in [-0.4, -0.2) is 75.3 Å². The van der Waals surface area contributed by atoms with Crippen LogP contribution in [0.4, 0.5) is 23.4 Å². The SMILES string of the molecule is [2H]C([2H])(Oc1nc(N2C[C@H]3CC[C@@H](C2)N3)c2cnc(-c3cc(O)ccc3C(F)(F)F)c(F)c2n1)C12CCCN1CCC2. The summed E-state index contributed by atoms with van der Waals surface area (Å²) < 4.78 is 81.8. The highest BCUT2D eigenvalue weighted by atomic mass is 19.4. The van der Waals surface area contributed by atoms with Crippen LogP contribution in [0.25, 0.3) is 22.2 Å². The minimum atomic E-state index is -4.83. The summed E-state index contributed by atoms with van der Waals surface area (Å²) in [6.45, 7) is 0.423. The Labute approximate surface area is 231 Å². The van der Waals surface area contributed by atoms with Gasteiger partial charge in [-0.2, -0.15) is 23.1 Å². The van der Waals surface area contributed by atoms with Crippen LogP contribution in [0.2, 0.25) is 0 Å². The van der Waals surface area contributed by atoms with Gasteiger partial charge in [-0.15, -0.1) is 0 Å². The van der Waals surface area contributed by atoms with Gasteiger partial charge in [0.1, 0.15) is 29.3 Å². The smallest absolute Gasteiger partial charge is 0.417 e. The van der Waals surface area contributed by atoms with Crippen molar-refractivity contribution in [3.63, 3.8) is 0 Å². The summed E-state index contributed by atoms with van der Waals surface area (Å²) in [4.78, 5) is 17.0. The number of aromatic hydroxyl groups is 1. The molecule has 2 N–H and O–H groups in total. The number of anilines is 1. The van der Waals surface area contributed by atoms with Crippen LogP contribution >= 0.6 is 0 Å². The molecule has 40 heavy (non-hydrogen) atoms. The Hall–Kier alpha value is -3.25. The average molecular weight is 561 g/mol. The lowest BCUT2D eigenvalue weighted by atomic mass is 9.95. The maximum Gasteiger partial charge on any atom is 0.417 e. The Balaban J connectivity index is 1.38. The van der Waals surface area contributed by atoms with Gasteiger partial charge in [-0.05, 0) is 69.8 Å². The molecule has 212 valence electrons. The number of hydrogen-bond acceptors (Lipinski definition) is 8. The first-order valence-electron chi connectivity index (χ1n) is 14.7. The molecule has 8 nitrogen and oxygen atoms in total. The number of aromatic nitrogens is 3. The van der Waals surface area contributed by atoms with E-state index >= 15 is 4.39 Å². The molecule has 4 fully saturated rings. The van der Waals surface area contributed by atoms with Crippen molar-refractivity contribution in [3.05, 3.63) is 35.8 Å². The van der Waals surface area contributed by atoms with E-state index in [9.17, 15) is 18.3 Å². The number of nitrogens with one attached hydrogen (secondary N) is 1. The molecule has 6 heterocycles. The van der Waals surface area contributed by atoms with E-state index in [4.69, 9.17) is 7.48 Å². The zero-order valence-corrected chi connectivity index (χ0v) is 21.6. The molecule has 7 rings (SSSR count). The zero-order valence-electron chi connectivity index (χ0n) is 23.6. The second-order valence-corrected chi connectivity index (χ2v) is 11.2. The number of hydrogen-bond donors (Lipinski definition) is 2. The lowest BCUT2D eigenvalue weighted by Crippen LogP contribution is -2.51. The first kappa shape index (κ1) is 23.5. The van der Waals surface area contributed by atoms with Gasteiger partial charge in [0, 0.05) is 36.9 Å². The van der Waals surface area contributed by atoms with E-state index in [1.165, 1.54) is 6.20 Å². The fourth-order valence-electron chi connectivity index (χ4n) is 6.85. The number of rotatable bonds is 5. The second kappa shape index (κ2) is 9.41. The summed E-state index contributed by atoms with van der Waals surface area (Å²) in [5, 5.41) is 13.7. The second-order valence-electron chi connectivity index (χ2n) is 11.2. The maximum atomic E-state index is 16.3. The fourth-order valence-corrected chi connectivity index (χ4v) is 6.85. The Morgan fingerprint density at radius 2 is 1.85 bits per heavy atom. The van der Waals surface area contributed by atoms with Crippen molar-refractivity contribution in [3.8, 4) is 23.0 Å². The van der Waals surface area contributed by atoms with Gasteiger partial charge in [-0.3, -0.25) is 9.88 Å². The van der Waals surface area contributed by atoms with E-state index < -0.39 is 46.7 Å². The summed E-state index contributed by atoms with van der Waals surface area (Å²) in [6, 6.07) is 2.37. The van der Waals surface area contributed by atoms with E-state index in [0.717, 1.165) is 50.9 Å². The summed E-state index contributed by atoms with van der Waals surface area (Å²) >= 11 is 0. The summed E-state index contributed by atoms with van der Waals surface area (Å²) in [7, 11) is 0. The Morgan fingerprint density at radius 3 is 2.55 bits per heavy atom. The molecule has 0 spiro atoms. The average Bonchev–Trinajstić information content (AvgIpc) is 3.62. The van der Waals surface area contributed by atoms with Crippen LogP contribution in [0.15, 0.2) is 24.4 Å². The third kappa shape index (κ3) is 4.32. The molecule has 3 aromatic rings. The van der Waals surface area contributed by atoms with Crippen LogP contribution < -0.4 is 15.0 Å². The molecule has 4 saturated heterocycles. The first-order chi connectivity index (χ1) is 19.9. The lowest BCUT2D eigenvalue weighted by molar-refractivity contribution is -0.137. The highest BCUT2D eigenvalue weighted by Gasteiger charge is 2.45. The summed E-state index contributed by atoms with van der Waals surface area (Å²) in [6.07, 6.45) is 1.18. The van der Waals surface area contributed by atoms with Crippen molar-refractivity contribution in [2.45, 2.75) is 62.3 Å². The predicted molar refractivity (Wildman–Crippen MR) is 140 cm³/mol. The number of nitrogens with zero attached hydrogens (tertiary/aromatic N) is 5. The molecule has 0 amide bonds. The van der Waals surface area contributed by atoms with Crippen LogP contribution in [0.3, 0.4) is 0 Å². The number of halogens is 4. The van der Waals surface area contributed by atoms with E-state index in [2.05, 4.69) is 25.2 Å². The van der Waals surface area contributed by atoms with Gasteiger partial charge in [-0.25, -0.2) is 4.39 Å². The van der Waals surface area contributed by atoms with Crippen LogP contribution in [0, 0.1) is 5.82 Å². The lowest BCUT2D eigenvalue weighted by Gasteiger charge is -2.34. The Morgan fingerprint density at radius 1 is 1.12 bits per heavy atom. The molecule has 12 heteroatoms. The molecule has 2 atom stereocenters. The normalized spacial score (nSPS) is 25.2. The maximum absolute atomic E-state index is 16.3. The first-order valence-corrected chi connectivity index (χ1v) is 13.7. The van der Waals surface area contributed by atoms with Gasteiger partial charge in [0.05, 0.1) is 19.2 Å². The number of phenols is 1. The highest BCUT2D eigenvalue weighted by Crippen LogP contribution is 2.42. The van der Waals surface area contributed by atoms with E-state index in [1.54, 1.807) is 0 Å². The highest BCUT2D eigenvalue weighted by molar-refractivity contribution is 5.92. The standard InChI is InChI=1S/C28H30F4N6O2/c29-22-23(19-11-18(39)5-6-21(19)28(30,31)32)33-12-20-24(22)35-26(40-15-27-7-1-9-38(27)10-2-8-27)36-25(20)37-13-16-3-4-17(14-37)34-16/h5-6,11-12,16-17,34,39H,1-4,7-10,13-15H2/t16-,17+/i15D2. The molecule has 0 saturated carbocycles. The molecular formula is C28H30F4N6O2. The summed E-state index contributed by atoms with van der Waals surface area (Å²) in [5.41, 5.74) is -3.61. The Bertz CT molecular complexity index is 1540. The molecule has 2 aromatic heterocycles. The van der Waals surface area contributed by atoms with Gasteiger partial charge in [0.25, 0.3) is 0 Å². The fraction of sp³-hybridized carbons (Fsp3) is 0.536. The van der Waals surface area contributed by atoms with Crippen molar-refractivity contribution in [1.82, 2.24) is 25.2 Å².